The maximum Gasteiger partial charge on any atom is 0.306 e. The summed E-state index contributed by atoms with van der Waals surface area (Å²) < 4.78 is 6.60. The van der Waals surface area contributed by atoms with Crippen molar-refractivity contribution in [2.45, 2.75) is 45.3 Å². The molecule has 0 unspecified atom stereocenters. The smallest absolute Gasteiger partial charge is 0.306 e. The van der Waals surface area contributed by atoms with E-state index in [4.69, 9.17) is 22.1 Å². The van der Waals surface area contributed by atoms with Crippen LogP contribution in [0.15, 0.2) is 12.3 Å². The molecular weight excluding hydrogens is 362 g/mol. The van der Waals surface area contributed by atoms with Crippen molar-refractivity contribution in [1.82, 2.24) is 9.97 Å². The van der Waals surface area contributed by atoms with Gasteiger partial charge in [-0.05, 0) is 44.2 Å². The van der Waals surface area contributed by atoms with Crippen molar-refractivity contribution < 1.29 is 14.6 Å². The predicted molar refractivity (Wildman–Crippen MR) is 97.0 cm³/mol. The van der Waals surface area contributed by atoms with Gasteiger partial charge in [0, 0.05) is 6.54 Å². The lowest BCUT2D eigenvalue weighted by Crippen LogP contribution is -2.30. The highest BCUT2D eigenvalue weighted by molar-refractivity contribution is 7.19. The van der Waals surface area contributed by atoms with Crippen LogP contribution in [0.5, 0.6) is 5.88 Å². The highest BCUT2D eigenvalue weighted by Gasteiger charge is 2.28. The summed E-state index contributed by atoms with van der Waals surface area (Å²) in [6.45, 7) is 2.22. The summed E-state index contributed by atoms with van der Waals surface area (Å²) in [6.07, 6.45) is 4.42. The third-order valence-corrected chi connectivity index (χ3v) is 5.72. The summed E-state index contributed by atoms with van der Waals surface area (Å²) >= 11 is 7.50. The number of nitrogens with zero attached hydrogens (tertiary/aromatic N) is 2. The number of hydrogen-bond donors (Lipinski definition) is 2. The summed E-state index contributed by atoms with van der Waals surface area (Å²) in [5, 5.41) is 9.19. The van der Waals surface area contributed by atoms with Crippen LogP contribution in [-0.2, 0) is 11.3 Å². The monoisotopic (exact) mass is 381 g/mol. The number of ether oxygens (including phenoxy) is 1. The lowest BCUT2D eigenvalue weighted by molar-refractivity contribution is -0.143. The number of aryl methyl sites for hydroxylation is 1. The summed E-state index contributed by atoms with van der Waals surface area (Å²) in [5.41, 5.74) is 8.08. The predicted octanol–water partition coefficient (Wildman–Crippen LogP) is 3.65. The highest BCUT2D eigenvalue weighted by Crippen LogP contribution is 2.35. The van der Waals surface area contributed by atoms with E-state index in [0.717, 1.165) is 23.3 Å². The number of hydrogen-bond acceptors (Lipinski definition) is 6. The van der Waals surface area contributed by atoms with Gasteiger partial charge in [0.15, 0.2) is 0 Å². The Balaban J connectivity index is 1.77. The normalized spacial score (nSPS) is 20.4. The molecule has 6 nitrogen and oxygen atoms in total. The van der Waals surface area contributed by atoms with Crippen LogP contribution in [0.4, 0.5) is 0 Å². The summed E-state index contributed by atoms with van der Waals surface area (Å²) in [4.78, 5) is 21.1. The Hall–Kier alpha value is -1.70. The highest BCUT2D eigenvalue weighted by atomic mass is 35.5. The quantitative estimate of drug-likeness (QED) is 0.820. The Morgan fingerprint density at radius 1 is 1.52 bits per heavy atom. The van der Waals surface area contributed by atoms with Gasteiger partial charge in [0.05, 0.1) is 27.0 Å². The molecule has 2 aromatic rings. The lowest BCUT2D eigenvalue weighted by atomic mass is 9.87. The molecule has 0 saturated heterocycles. The molecule has 1 saturated carbocycles. The van der Waals surface area contributed by atoms with Crippen LogP contribution in [0, 0.1) is 12.8 Å². The van der Waals surface area contributed by atoms with Crippen molar-refractivity contribution in [2.75, 3.05) is 0 Å². The third-order valence-electron chi connectivity index (χ3n) is 4.39. The van der Waals surface area contributed by atoms with Gasteiger partial charge in [-0.15, -0.1) is 11.3 Å². The number of aromatic nitrogens is 2. The van der Waals surface area contributed by atoms with Crippen molar-refractivity contribution in [3.63, 3.8) is 0 Å². The van der Waals surface area contributed by atoms with Crippen molar-refractivity contribution in [1.29, 1.82) is 0 Å². The standard InChI is InChI=1S/C17H20ClN3O3S/c1-9-16(24-12-4-2-3-10(5-12)17(22)23)20-8-13(21-9)15-11(7-19)6-14(18)25-15/h6,8,10,12H,2-5,7,19H2,1H3,(H,22,23)/t10-,12-/m0/s1. The molecule has 3 N–H and O–H groups in total. The largest absolute Gasteiger partial charge is 0.481 e. The number of rotatable bonds is 5. The molecule has 0 bridgehead atoms. The molecule has 1 fully saturated rings. The zero-order valence-electron chi connectivity index (χ0n) is 13.9. The fourth-order valence-electron chi connectivity index (χ4n) is 3.09. The average Bonchev–Trinajstić information content (AvgIpc) is 2.98. The Morgan fingerprint density at radius 2 is 2.32 bits per heavy atom. The summed E-state index contributed by atoms with van der Waals surface area (Å²) in [6, 6.07) is 1.84. The maximum absolute atomic E-state index is 11.2. The van der Waals surface area contributed by atoms with Gasteiger partial charge in [0.2, 0.25) is 5.88 Å². The topological polar surface area (TPSA) is 98.3 Å². The number of aliphatic carboxylic acids is 1. The van der Waals surface area contributed by atoms with Crippen molar-refractivity contribution >= 4 is 28.9 Å². The van der Waals surface area contributed by atoms with Gasteiger partial charge in [-0.1, -0.05) is 11.6 Å². The molecule has 2 aromatic heterocycles. The molecule has 1 aliphatic carbocycles. The van der Waals surface area contributed by atoms with Crippen molar-refractivity contribution in [2.24, 2.45) is 11.7 Å². The van der Waals surface area contributed by atoms with Gasteiger partial charge in [-0.3, -0.25) is 4.79 Å². The van der Waals surface area contributed by atoms with Crippen LogP contribution in [-0.4, -0.2) is 27.1 Å². The molecular formula is C17H20ClN3O3S. The molecule has 1 aliphatic rings. The number of nitrogens with two attached hydrogens (primary N) is 1. The Bertz CT molecular complexity index is 780. The van der Waals surface area contributed by atoms with E-state index in [0.29, 0.717) is 41.0 Å². The van der Waals surface area contributed by atoms with Crippen molar-refractivity contribution in [3.8, 4) is 16.5 Å². The van der Waals surface area contributed by atoms with Gasteiger partial charge < -0.3 is 15.6 Å². The first kappa shape index (κ1) is 18.1. The molecule has 134 valence electrons. The summed E-state index contributed by atoms with van der Waals surface area (Å²) in [5.74, 6) is -0.640. The Morgan fingerprint density at radius 3 is 3.00 bits per heavy atom. The number of halogens is 1. The number of carboxylic acids is 1. The zero-order valence-corrected chi connectivity index (χ0v) is 15.4. The number of thiophene rings is 1. The second kappa shape index (κ2) is 7.68. The van der Waals surface area contributed by atoms with E-state index >= 15 is 0 Å². The van der Waals surface area contributed by atoms with Gasteiger partial charge >= 0.3 is 5.97 Å². The van der Waals surface area contributed by atoms with Crippen LogP contribution in [0.25, 0.3) is 10.6 Å². The van der Waals surface area contributed by atoms with E-state index in [1.807, 2.05) is 13.0 Å². The summed E-state index contributed by atoms with van der Waals surface area (Å²) in [7, 11) is 0. The van der Waals surface area contributed by atoms with E-state index in [-0.39, 0.29) is 12.0 Å². The van der Waals surface area contributed by atoms with E-state index in [1.165, 1.54) is 11.3 Å². The third kappa shape index (κ3) is 4.11. The van der Waals surface area contributed by atoms with Crippen molar-refractivity contribution in [3.05, 3.63) is 27.9 Å². The first-order valence-corrected chi connectivity index (χ1v) is 9.39. The van der Waals surface area contributed by atoms with E-state index in [9.17, 15) is 9.90 Å². The molecule has 2 atom stereocenters. The molecule has 3 rings (SSSR count). The second-order valence-corrected chi connectivity index (χ2v) is 7.88. The van der Waals surface area contributed by atoms with Crippen LogP contribution in [0.3, 0.4) is 0 Å². The minimum atomic E-state index is -0.754. The average molecular weight is 382 g/mol. The Kier molecular flexibility index (Phi) is 5.56. The van der Waals surface area contributed by atoms with Gasteiger partial charge in [0.25, 0.3) is 0 Å². The van der Waals surface area contributed by atoms with Crippen LogP contribution >= 0.6 is 22.9 Å². The zero-order chi connectivity index (χ0) is 18.0. The molecule has 8 heteroatoms. The van der Waals surface area contributed by atoms with Crippen LogP contribution < -0.4 is 10.5 Å². The molecule has 2 heterocycles. The molecule has 0 amide bonds. The molecule has 0 aromatic carbocycles. The number of carbonyl (C=O) groups is 1. The van der Waals surface area contributed by atoms with E-state index in [1.54, 1.807) is 6.20 Å². The molecule has 25 heavy (non-hydrogen) atoms. The lowest BCUT2D eigenvalue weighted by Gasteiger charge is -2.27. The minimum absolute atomic E-state index is 0.135. The fraction of sp³-hybridized carbons (Fsp3) is 0.471. The van der Waals surface area contributed by atoms with Crippen LogP contribution in [0.2, 0.25) is 4.34 Å². The van der Waals surface area contributed by atoms with Crippen LogP contribution in [0.1, 0.15) is 36.9 Å². The SMILES string of the molecule is Cc1nc(-c2sc(Cl)cc2CN)cnc1O[C@H]1CCC[C@H](C(=O)O)C1. The van der Waals surface area contributed by atoms with E-state index < -0.39 is 5.97 Å². The van der Waals surface area contributed by atoms with Gasteiger partial charge in [-0.2, -0.15) is 0 Å². The molecule has 0 spiro atoms. The first-order valence-electron chi connectivity index (χ1n) is 8.19. The second-order valence-electron chi connectivity index (χ2n) is 6.20. The molecule has 0 radical (unpaired) electrons. The number of carboxylic acid groups (broad SMARTS) is 1. The van der Waals surface area contributed by atoms with Gasteiger partial charge in [0.1, 0.15) is 11.8 Å². The minimum Gasteiger partial charge on any atom is -0.481 e. The maximum atomic E-state index is 11.2. The van der Waals surface area contributed by atoms with E-state index in [2.05, 4.69) is 9.97 Å². The molecule has 0 aliphatic heterocycles. The Labute approximate surface area is 155 Å². The fourth-order valence-corrected chi connectivity index (χ4v) is 4.33. The first-order chi connectivity index (χ1) is 12.0. The van der Waals surface area contributed by atoms with Gasteiger partial charge in [-0.25, -0.2) is 9.97 Å².